The van der Waals surface area contributed by atoms with Crippen LogP contribution in [0, 0.1) is 5.82 Å². The molecule has 1 N–H and O–H groups in total. The van der Waals surface area contributed by atoms with Crippen molar-refractivity contribution in [3.05, 3.63) is 58.9 Å². The van der Waals surface area contributed by atoms with Crippen molar-refractivity contribution in [1.29, 1.82) is 0 Å². The minimum absolute atomic E-state index is 0.120. The second kappa shape index (κ2) is 6.94. The highest BCUT2D eigenvalue weighted by atomic mass is 35.5. The van der Waals surface area contributed by atoms with E-state index in [1.165, 1.54) is 24.3 Å². The van der Waals surface area contributed by atoms with Gasteiger partial charge in [0.1, 0.15) is 11.2 Å². The van der Waals surface area contributed by atoms with Crippen molar-refractivity contribution in [2.24, 2.45) is 0 Å². The molecule has 0 amide bonds. The lowest BCUT2D eigenvalue weighted by Gasteiger charge is -2.22. The summed E-state index contributed by atoms with van der Waals surface area (Å²) in [4.78, 5) is 2.03. The molecule has 0 spiro atoms. The summed E-state index contributed by atoms with van der Waals surface area (Å²) in [6, 6.07) is 10.6. The number of hydrogen-bond donors (Lipinski definition) is 1. The Morgan fingerprint density at radius 1 is 1.16 bits per heavy atom. The third-order valence-corrected chi connectivity index (χ3v) is 6.92. The van der Waals surface area contributed by atoms with Crippen LogP contribution in [-0.2, 0) is 9.84 Å². The van der Waals surface area contributed by atoms with Crippen molar-refractivity contribution < 1.29 is 12.8 Å². The quantitative estimate of drug-likeness (QED) is 0.823. The number of nitrogens with zero attached hydrogens (tertiary/aromatic N) is 1. The molecule has 134 valence electrons. The number of halogens is 2. The zero-order chi connectivity index (χ0) is 18.2. The first-order valence-corrected chi connectivity index (χ1v) is 9.93. The highest BCUT2D eigenvalue weighted by Crippen LogP contribution is 2.36. The second-order valence-electron chi connectivity index (χ2n) is 6.37. The summed E-state index contributed by atoms with van der Waals surface area (Å²) in [5, 5.41) is 2.92. The normalized spacial score (nSPS) is 20.6. The molecule has 0 radical (unpaired) electrons. The van der Waals surface area contributed by atoms with Gasteiger partial charge in [-0.1, -0.05) is 17.7 Å². The third kappa shape index (κ3) is 3.52. The molecule has 2 aromatic carbocycles. The molecule has 4 nitrogen and oxygen atoms in total. The van der Waals surface area contributed by atoms with E-state index in [9.17, 15) is 12.8 Å². The molecule has 2 unspecified atom stereocenters. The predicted octanol–water partition coefficient (Wildman–Crippen LogP) is 3.42. The maximum absolute atomic E-state index is 13.1. The van der Waals surface area contributed by atoms with E-state index in [0.717, 1.165) is 11.3 Å². The SMILES string of the molecule is CN(C)c1ccc(C2CCNC2S(=O)(=O)c2ccc(F)cc2)cc1Cl. The molecule has 1 aliphatic heterocycles. The Hall–Kier alpha value is -1.63. The van der Waals surface area contributed by atoms with Gasteiger partial charge in [0.2, 0.25) is 0 Å². The van der Waals surface area contributed by atoms with E-state index in [-0.39, 0.29) is 10.8 Å². The molecule has 0 saturated carbocycles. The maximum Gasteiger partial charge on any atom is 0.194 e. The molecular weight excluding hydrogens is 363 g/mol. The number of sulfone groups is 1. The molecule has 0 bridgehead atoms. The van der Waals surface area contributed by atoms with E-state index in [1.807, 2.05) is 37.2 Å². The predicted molar refractivity (Wildman–Crippen MR) is 98.5 cm³/mol. The lowest BCUT2D eigenvalue weighted by Crippen LogP contribution is -2.34. The maximum atomic E-state index is 13.1. The molecule has 1 saturated heterocycles. The number of rotatable bonds is 4. The first-order chi connectivity index (χ1) is 11.8. The lowest BCUT2D eigenvalue weighted by molar-refractivity contribution is 0.558. The van der Waals surface area contributed by atoms with Gasteiger partial charge in [-0.3, -0.25) is 0 Å². The van der Waals surface area contributed by atoms with Gasteiger partial charge in [0, 0.05) is 20.0 Å². The largest absolute Gasteiger partial charge is 0.376 e. The van der Waals surface area contributed by atoms with E-state index < -0.39 is 21.0 Å². The average molecular weight is 383 g/mol. The second-order valence-corrected chi connectivity index (χ2v) is 8.85. The van der Waals surface area contributed by atoms with Crippen LogP contribution >= 0.6 is 11.6 Å². The van der Waals surface area contributed by atoms with Crippen molar-refractivity contribution in [2.45, 2.75) is 22.6 Å². The first kappa shape index (κ1) is 18.2. The molecule has 1 aliphatic rings. The van der Waals surface area contributed by atoms with E-state index in [2.05, 4.69) is 5.32 Å². The fourth-order valence-corrected chi connectivity index (χ4v) is 5.46. The Balaban J connectivity index is 1.95. The highest BCUT2D eigenvalue weighted by molar-refractivity contribution is 7.92. The number of benzene rings is 2. The minimum Gasteiger partial charge on any atom is -0.376 e. The summed E-state index contributed by atoms with van der Waals surface area (Å²) in [6.07, 6.45) is 0.697. The van der Waals surface area contributed by atoms with Crippen LogP contribution < -0.4 is 10.2 Å². The van der Waals surface area contributed by atoms with Gasteiger partial charge in [-0.05, 0) is 54.9 Å². The van der Waals surface area contributed by atoms with Crippen molar-refractivity contribution in [3.8, 4) is 0 Å². The van der Waals surface area contributed by atoms with Gasteiger partial charge in [0.25, 0.3) is 0 Å². The first-order valence-electron chi connectivity index (χ1n) is 8.00. The van der Waals surface area contributed by atoms with Crippen LogP contribution in [0.1, 0.15) is 17.9 Å². The Morgan fingerprint density at radius 3 is 2.44 bits per heavy atom. The zero-order valence-corrected chi connectivity index (χ0v) is 15.6. The molecule has 7 heteroatoms. The molecule has 1 heterocycles. The van der Waals surface area contributed by atoms with E-state index in [1.54, 1.807) is 0 Å². The Kier molecular flexibility index (Phi) is 5.04. The van der Waals surface area contributed by atoms with Crippen molar-refractivity contribution in [3.63, 3.8) is 0 Å². The third-order valence-electron chi connectivity index (χ3n) is 4.52. The van der Waals surface area contributed by atoms with Crippen LogP contribution in [0.2, 0.25) is 5.02 Å². The Morgan fingerprint density at radius 2 is 1.84 bits per heavy atom. The van der Waals surface area contributed by atoms with Gasteiger partial charge in [0.15, 0.2) is 9.84 Å². The monoisotopic (exact) mass is 382 g/mol. The summed E-state index contributed by atoms with van der Waals surface area (Å²) < 4.78 is 39.0. The topological polar surface area (TPSA) is 49.4 Å². The standard InChI is InChI=1S/C18H20ClFN2O2S/c1-22(2)17-8-3-12(11-16(17)19)15-9-10-21-18(15)25(23,24)14-6-4-13(20)5-7-14/h3-8,11,15,18,21H,9-10H2,1-2H3. The Bertz CT molecular complexity index is 869. The van der Waals surface area contributed by atoms with Gasteiger partial charge in [0.05, 0.1) is 15.6 Å². The van der Waals surface area contributed by atoms with Gasteiger partial charge >= 0.3 is 0 Å². The van der Waals surface area contributed by atoms with E-state index in [4.69, 9.17) is 11.6 Å². The highest BCUT2D eigenvalue weighted by Gasteiger charge is 2.39. The molecule has 2 aromatic rings. The molecule has 1 fully saturated rings. The molecule has 0 aliphatic carbocycles. The van der Waals surface area contributed by atoms with E-state index >= 15 is 0 Å². The number of nitrogens with one attached hydrogen (secondary N) is 1. The van der Waals surface area contributed by atoms with Gasteiger partial charge < -0.3 is 10.2 Å². The molecule has 25 heavy (non-hydrogen) atoms. The van der Waals surface area contributed by atoms with Gasteiger partial charge in [-0.2, -0.15) is 0 Å². The van der Waals surface area contributed by atoms with Crippen LogP contribution in [0.25, 0.3) is 0 Å². The summed E-state index contributed by atoms with van der Waals surface area (Å²) >= 11 is 6.35. The fraction of sp³-hybridized carbons (Fsp3) is 0.333. The summed E-state index contributed by atoms with van der Waals surface area (Å²) in [7, 11) is 0.182. The summed E-state index contributed by atoms with van der Waals surface area (Å²) in [6.45, 7) is 0.600. The van der Waals surface area contributed by atoms with Crippen LogP contribution in [0.3, 0.4) is 0 Å². The number of anilines is 1. The summed E-state index contributed by atoms with van der Waals surface area (Å²) in [5.41, 5.74) is 1.77. The average Bonchev–Trinajstić information content (AvgIpc) is 3.05. The van der Waals surface area contributed by atoms with Crippen LogP contribution in [0.4, 0.5) is 10.1 Å². The fourth-order valence-electron chi connectivity index (χ4n) is 3.23. The van der Waals surface area contributed by atoms with Crippen LogP contribution in [0.15, 0.2) is 47.4 Å². The van der Waals surface area contributed by atoms with Crippen LogP contribution in [0.5, 0.6) is 0 Å². The van der Waals surface area contributed by atoms with Crippen molar-refractivity contribution in [1.82, 2.24) is 5.32 Å². The number of hydrogen-bond acceptors (Lipinski definition) is 4. The van der Waals surface area contributed by atoms with E-state index in [0.29, 0.717) is 18.0 Å². The van der Waals surface area contributed by atoms with Gasteiger partial charge in [-0.15, -0.1) is 0 Å². The smallest absolute Gasteiger partial charge is 0.194 e. The Labute approximate surface area is 152 Å². The van der Waals surface area contributed by atoms with Crippen molar-refractivity contribution in [2.75, 3.05) is 25.5 Å². The molecule has 3 rings (SSSR count). The van der Waals surface area contributed by atoms with Crippen molar-refractivity contribution >= 4 is 27.1 Å². The zero-order valence-electron chi connectivity index (χ0n) is 14.0. The summed E-state index contributed by atoms with van der Waals surface area (Å²) in [5.74, 6) is -0.662. The molecule has 0 aromatic heterocycles. The molecule has 2 atom stereocenters. The van der Waals surface area contributed by atoms with Crippen LogP contribution in [-0.4, -0.2) is 34.4 Å². The molecular formula is C18H20ClFN2O2S. The van der Waals surface area contributed by atoms with Gasteiger partial charge in [-0.25, -0.2) is 12.8 Å². The minimum atomic E-state index is -3.62. The lowest BCUT2D eigenvalue weighted by atomic mass is 9.98.